The molecule has 0 aliphatic carbocycles. The van der Waals surface area contributed by atoms with Gasteiger partial charge in [0.2, 0.25) is 0 Å². The summed E-state index contributed by atoms with van der Waals surface area (Å²) in [5.74, 6) is -0.196. The molecular formula is C32H31N3O4. The first-order valence-electron chi connectivity index (χ1n) is 13.1. The predicted octanol–water partition coefficient (Wildman–Crippen LogP) is 6.21. The van der Waals surface area contributed by atoms with Gasteiger partial charge in [0.1, 0.15) is 17.9 Å². The standard InChI is InChI=1S/C32H31N3O4/c1-4-22(3)23-12-14-25(15-13-23)35-31(37)28(30(36)33-32(35)38)19-24-20-34(29-11-6-5-10-27(24)29)16-17-39-26-9-7-8-21(2)18-26/h5-15,18-20,22H,4,16-17H2,1-3H3,(H,33,36,38). The molecule has 0 spiro atoms. The Kier molecular flexibility index (Phi) is 7.32. The number of ether oxygens (including phenoxy) is 1. The monoisotopic (exact) mass is 521 g/mol. The van der Waals surface area contributed by atoms with Crippen LogP contribution in [-0.2, 0) is 16.1 Å². The van der Waals surface area contributed by atoms with Gasteiger partial charge in [-0.25, -0.2) is 9.69 Å². The fourth-order valence-corrected chi connectivity index (χ4v) is 4.78. The number of nitrogens with one attached hydrogen (secondary N) is 1. The first-order chi connectivity index (χ1) is 18.9. The molecule has 1 unspecified atom stereocenters. The number of amides is 4. The number of carbonyl (C=O) groups excluding carboxylic acids is 3. The second-order valence-corrected chi connectivity index (χ2v) is 9.82. The van der Waals surface area contributed by atoms with Crippen LogP contribution >= 0.6 is 0 Å². The van der Waals surface area contributed by atoms with Gasteiger partial charge in [0.15, 0.2) is 0 Å². The third kappa shape index (κ3) is 5.34. The number of imide groups is 2. The normalized spacial score (nSPS) is 15.6. The highest BCUT2D eigenvalue weighted by molar-refractivity contribution is 6.39. The summed E-state index contributed by atoms with van der Waals surface area (Å²) in [6.07, 6.45) is 4.44. The lowest BCUT2D eigenvalue weighted by atomic mass is 9.98. The Morgan fingerprint density at radius 2 is 1.74 bits per heavy atom. The zero-order valence-electron chi connectivity index (χ0n) is 22.3. The first-order valence-corrected chi connectivity index (χ1v) is 13.1. The van der Waals surface area contributed by atoms with Gasteiger partial charge in [0, 0.05) is 22.7 Å². The third-order valence-electron chi connectivity index (χ3n) is 7.14. The Bertz CT molecular complexity index is 1580. The quantitative estimate of drug-likeness (QED) is 0.221. The minimum absolute atomic E-state index is 0.0977. The average Bonchev–Trinajstić information content (AvgIpc) is 3.28. The summed E-state index contributed by atoms with van der Waals surface area (Å²) >= 11 is 0. The molecule has 3 aromatic carbocycles. The van der Waals surface area contributed by atoms with Crippen LogP contribution in [0.3, 0.4) is 0 Å². The highest BCUT2D eigenvalue weighted by Crippen LogP contribution is 2.28. The highest BCUT2D eigenvalue weighted by atomic mass is 16.5. The lowest BCUT2D eigenvalue weighted by molar-refractivity contribution is -0.122. The predicted molar refractivity (Wildman–Crippen MR) is 153 cm³/mol. The van der Waals surface area contributed by atoms with E-state index in [1.54, 1.807) is 18.2 Å². The molecule has 5 rings (SSSR count). The lowest BCUT2D eigenvalue weighted by Gasteiger charge is -2.26. The number of fused-ring (bicyclic) bond motifs is 1. The van der Waals surface area contributed by atoms with Crippen molar-refractivity contribution in [2.45, 2.75) is 39.7 Å². The van der Waals surface area contributed by atoms with Crippen molar-refractivity contribution in [2.24, 2.45) is 0 Å². The van der Waals surface area contributed by atoms with Crippen LogP contribution in [-0.4, -0.2) is 29.0 Å². The number of hydrogen-bond acceptors (Lipinski definition) is 4. The number of urea groups is 1. The van der Waals surface area contributed by atoms with Crippen LogP contribution in [0.5, 0.6) is 5.75 Å². The van der Waals surface area contributed by atoms with Crippen LogP contribution in [0.15, 0.2) is 84.6 Å². The molecule has 1 aromatic heterocycles. The molecule has 39 heavy (non-hydrogen) atoms. The van der Waals surface area contributed by atoms with Gasteiger partial charge >= 0.3 is 6.03 Å². The van der Waals surface area contributed by atoms with E-state index in [1.165, 1.54) is 0 Å². The van der Waals surface area contributed by atoms with Crippen molar-refractivity contribution in [1.82, 2.24) is 9.88 Å². The van der Waals surface area contributed by atoms with Crippen LogP contribution in [0.25, 0.3) is 17.0 Å². The van der Waals surface area contributed by atoms with Crippen molar-refractivity contribution in [3.8, 4) is 5.75 Å². The Morgan fingerprint density at radius 3 is 2.49 bits per heavy atom. The third-order valence-corrected chi connectivity index (χ3v) is 7.14. The zero-order chi connectivity index (χ0) is 27.5. The van der Waals surface area contributed by atoms with Crippen LogP contribution < -0.4 is 15.0 Å². The van der Waals surface area contributed by atoms with Crippen molar-refractivity contribution in [1.29, 1.82) is 0 Å². The fourth-order valence-electron chi connectivity index (χ4n) is 4.78. The van der Waals surface area contributed by atoms with Crippen molar-refractivity contribution in [2.75, 3.05) is 11.5 Å². The van der Waals surface area contributed by atoms with Crippen LogP contribution in [0, 0.1) is 6.92 Å². The molecule has 7 heteroatoms. The zero-order valence-corrected chi connectivity index (χ0v) is 22.3. The van der Waals surface area contributed by atoms with E-state index < -0.39 is 17.8 Å². The number of barbiturate groups is 1. The number of para-hydroxylation sites is 1. The van der Waals surface area contributed by atoms with Crippen molar-refractivity contribution < 1.29 is 19.1 Å². The molecule has 2 heterocycles. The molecule has 4 amide bonds. The van der Waals surface area contributed by atoms with E-state index in [0.29, 0.717) is 30.3 Å². The molecule has 4 aromatic rings. The van der Waals surface area contributed by atoms with Gasteiger partial charge in [-0.2, -0.15) is 0 Å². The Balaban J connectivity index is 1.43. The molecule has 1 N–H and O–H groups in total. The van der Waals surface area contributed by atoms with E-state index in [1.807, 2.05) is 78.4 Å². The van der Waals surface area contributed by atoms with Crippen molar-refractivity contribution >= 4 is 40.5 Å². The summed E-state index contributed by atoms with van der Waals surface area (Å²) in [4.78, 5) is 40.0. The van der Waals surface area contributed by atoms with E-state index in [2.05, 4.69) is 19.2 Å². The van der Waals surface area contributed by atoms with E-state index in [4.69, 9.17) is 4.74 Å². The minimum atomic E-state index is -0.755. The van der Waals surface area contributed by atoms with Crippen LogP contribution in [0.2, 0.25) is 0 Å². The summed E-state index contributed by atoms with van der Waals surface area (Å²) in [6.45, 7) is 7.28. The maximum atomic E-state index is 13.5. The topological polar surface area (TPSA) is 80.6 Å². The maximum absolute atomic E-state index is 13.5. The number of hydrogen-bond donors (Lipinski definition) is 1. The molecule has 1 atom stereocenters. The maximum Gasteiger partial charge on any atom is 0.335 e. The van der Waals surface area contributed by atoms with E-state index in [9.17, 15) is 14.4 Å². The summed E-state index contributed by atoms with van der Waals surface area (Å²) in [5, 5.41) is 3.21. The molecule has 7 nitrogen and oxygen atoms in total. The van der Waals surface area contributed by atoms with Gasteiger partial charge in [-0.3, -0.25) is 14.9 Å². The van der Waals surface area contributed by atoms with E-state index in [-0.39, 0.29) is 5.57 Å². The number of benzene rings is 3. The van der Waals surface area contributed by atoms with E-state index in [0.717, 1.165) is 39.1 Å². The van der Waals surface area contributed by atoms with Gasteiger partial charge in [-0.05, 0) is 66.8 Å². The summed E-state index contributed by atoms with van der Waals surface area (Å²) in [7, 11) is 0. The largest absolute Gasteiger partial charge is 0.492 e. The number of rotatable bonds is 8. The number of aryl methyl sites for hydroxylation is 1. The van der Waals surface area contributed by atoms with Gasteiger partial charge < -0.3 is 9.30 Å². The molecule has 198 valence electrons. The van der Waals surface area contributed by atoms with Crippen molar-refractivity contribution in [3.05, 3.63) is 101 Å². The smallest absolute Gasteiger partial charge is 0.335 e. The summed E-state index contributed by atoms with van der Waals surface area (Å²) < 4.78 is 7.98. The molecule has 1 saturated heterocycles. The lowest BCUT2D eigenvalue weighted by Crippen LogP contribution is -2.54. The number of carbonyl (C=O) groups is 3. The Labute approximate surface area is 227 Å². The summed E-state index contributed by atoms with van der Waals surface area (Å²) in [6, 6.07) is 22.2. The second kappa shape index (κ2) is 11.0. The number of nitrogens with zero attached hydrogens (tertiary/aromatic N) is 2. The number of anilines is 1. The highest BCUT2D eigenvalue weighted by Gasteiger charge is 2.37. The molecule has 0 saturated carbocycles. The molecular weight excluding hydrogens is 490 g/mol. The van der Waals surface area contributed by atoms with Gasteiger partial charge in [0.05, 0.1) is 12.2 Å². The summed E-state index contributed by atoms with van der Waals surface area (Å²) in [5.41, 5.74) is 4.23. The Morgan fingerprint density at radius 1 is 0.974 bits per heavy atom. The molecule has 1 aliphatic heterocycles. The first kappa shape index (κ1) is 26.0. The van der Waals surface area contributed by atoms with Gasteiger partial charge in [0.25, 0.3) is 11.8 Å². The minimum Gasteiger partial charge on any atom is -0.492 e. The van der Waals surface area contributed by atoms with Crippen LogP contribution in [0.1, 0.15) is 42.9 Å². The average molecular weight is 522 g/mol. The molecule has 1 aliphatic rings. The van der Waals surface area contributed by atoms with Crippen molar-refractivity contribution in [3.63, 3.8) is 0 Å². The SMILES string of the molecule is CCC(C)c1ccc(N2C(=O)NC(=O)C(=Cc3cn(CCOc4cccc(C)c4)c4ccccc34)C2=O)cc1. The molecule has 0 radical (unpaired) electrons. The van der Waals surface area contributed by atoms with Crippen LogP contribution in [0.4, 0.5) is 10.5 Å². The fraction of sp³-hybridized carbons (Fsp3) is 0.219. The molecule has 1 fully saturated rings. The van der Waals surface area contributed by atoms with Gasteiger partial charge in [-0.1, -0.05) is 56.3 Å². The second-order valence-electron chi connectivity index (χ2n) is 9.82. The Hall–Kier alpha value is -4.65. The van der Waals surface area contributed by atoms with Gasteiger partial charge in [-0.15, -0.1) is 0 Å². The molecule has 0 bridgehead atoms. The van der Waals surface area contributed by atoms with E-state index >= 15 is 0 Å². The number of aromatic nitrogens is 1.